The highest BCUT2D eigenvalue weighted by Gasteiger charge is 2.64. The van der Waals surface area contributed by atoms with Crippen LogP contribution >= 0.6 is 11.3 Å². The van der Waals surface area contributed by atoms with Gasteiger partial charge in [-0.1, -0.05) is 6.07 Å². The van der Waals surface area contributed by atoms with Crippen molar-refractivity contribution in [2.24, 2.45) is 5.92 Å². The van der Waals surface area contributed by atoms with Gasteiger partial charge in [0, 0.05) is 34.4 Å². The third kappa shape index (κ3) is 4.05. The number of fused-ring (bicyclic) bond motifs is 3. The van der Waals surface area contributed by atoms with Crippen LogP contribution in [-0.4, -0.2) is 24.7 Å². The number of aromatic nitrogens is 1. The van der Waals surface area contributed by atoms with Crippen molar-refractivity contribution in [1.29, 1.82) is 0 Å². The predicted octanol–water partition coefficient (Wildman–Crippen LogP) is 6.94. The van der Waals surface area contributed by atoms with Gasteiger partial charge in [-0.05, 0) is 74.2 Å². The molecule has 3 atom stereocenters. The summed E-state index contributed by atoms with van der Waals surface area (Å²) < 4.78 is 38.5. The first kappa shape index (κ1) is 24.2. The van der Waals surface area contributed by atoms with Crippen molar-refractivity contribution >= 4 is 17.3 Å². The lowest BCUT2D eigenvalue weighted by Gasteiger charge is -2.17. The molecular weight excluding hydrogens is 517 g/mol. The van der Waals surface area contributed by atoms with Gasteiger partial charge in [0.05, 0.1) is 29.5 Å². The quantitative estimate of drug-likeness (QED) is 0.246. The highest BCUT2D eigenvalue weighted by Crippen LogP contribution is 2.61. The van der Waals surface area contributed by atoms with Crippen LogP contribution < -0.4 is 14.2 Å². The van der Waals surface area contributed by atoms with Crippen LogP contribution in [0.25, 0.3) is 10.4 Å². The van der Waals surface area contributed by atoms with Crippen LogP contribution in [0.4, 0.5) is 4.39 Å². The fourth-order valence-electron chi connectivity index (χ4n) is 5.93. The van der Waals surface area contributed by atoms with E-state index in [4.69, 9.17) is 18.9 Å². The Morgan fingerprint density at radius 2 is 1.95 bits per heavy atom. The Bertz CT molecular complexity index is 1600. The van der Waals surface area contributed by atoms with E-state index in [1.165, 1.54) is 13.2 Å². The zero-order valence-corrected chi connectivity index (χ0v) is 22.3. The Morgan fingerprint density at radius 1 is 1.13 bits per heavy atom. The number of hydrogen-bond donors (Lipinski definition) is 0. The first-order valence-electron chi connectivity index (χ1n) is 13.0. The van der Waals surface area contributed by atoms with E-state index in [9.17, 15) is 4.79 Å². The Morgan fingerprint density at radius 3 is 2.72 bits per heavy atom. The van der Waals surface area contributed by atoms with Gasteiger partial charge in [0.2, 0.25) is 0 Å². The first-order valence-corrected chi connectivity index (χ1v) is 13.8. The van der Waals surface area contributed by atoms with Crippen LogP contribution in [0.2, 0.25) is 0 Å². The fraction of sp³-hybridized carbons (Fsp3) is 0.290. The maximum Gasteiger partial charge on any atom is 0.309 e. The second-order valence-electron chi connectivity index (χ2n) is 10.3. The molecule has 2 aliphatic carbocycles. The predicted molar refractivity (Wildman–Crippen MR) is 144 cm³/mol. The van der Waals surface area contributed by atoms with E-state index in [0.717, 1.165) is 33.0 Å². The van der Waals surface area contributed by atoms with E-state index in [2.05, 4.69) is 4.98 Å². The minimum atomic E-state index is -0.433. The van der Waals surface area contributed by atoms with Gasteiger partial charge >= 0.3 is 5.97 Å². The van der Waals surface area contributed by atoms with Gasteiger partial charge in [-0.25, -0.2) is 9.37 Å². The summed E-state index contributed by atoms with van der Waals surface area (Å²) in [6.45, 7) is 2.44. The number of thiazole rings is 1. The van der Waals surface area contributed by atoms with Gasteiger partial charge in [0.25, 0.3) is 0 Å². The molecule has 0 radical (unpaired) electrons. The van der Waals surface area contributed by atoms with Gasteiger partial charge in [0.15, 0.2) is 0 Å². The van der Waals surface area contributed by atoms with E-state index in [1.807, 2.05) is 55.6 Å². The average Bonchev–Trinajstić information content (AvgIpc) is 3.21. The molecule has 198 valence electrons. The van der Waals surface area contributed by atoms with E-state index < -0.39 is 6.10 Å². The summed E-state index contributed by atoms with van der Waals surface area (Å²) in [6, 6.07) is 16.7. The molecule has 1 aromatic heterocycles. The molecule has 6 nitrogen and oxygen atoms in total. The highest BCUT2D eigenvalue weighted by atomic mass is 32.1. The van der Waals surface area contributed by atoms with Gasteiger partial charge in [-0.3, -0.25) is 4.79 Å². The molecule has 0 amide bonds. The number of methoxy groups -OCH3 is 1. The molecule has 2 heterocycles. The standard InChI is InChI=1S/C31H26FNO5S/c1-17-33-15-28(39-17)18-3-5-19(6-4-18)37-25-12-10-24(32)29-21(25)8-11-26(29)38-20-7-9-22-27(13-20)36-16-31(22)14-23(31)30(34)35-2/h3-7,9-10,12-13,15,23,26H,8,11,14,16H2,1-2H3. The molecule has 0 bridgehead atoms. The summed E-state index contributed by atoms with van der Waals surface area (Å²) in [4.78, 5) is 17.5. The number of nitrogens with zero attached hydrogens (tertiary/aromatic N) is 1. The van der Waals surface area contributed by atoms with E-state index in [0.29, 0.717) is 48.0 Å². The molecule has 1 saturated carbocycles. The SMILES string of the molecule is COC(=O)C1CC12COc1cc(OC3CCc4c(Oc5ccc(-c6cnc(C)s6)cc5)ccc(F)c43)ccc12. The van der Waals surface area contributed by atoms with Gasteiger partial charge in [0.1, 0.15) is 34.9 Å². The number of benzene rings is 3. The molecule has 0 saturated heterocycles. The number of carbonyl (C=O) groups excluding carboxylic acids is 1. The summed E-state index contributed by atoms with van der Waals surface area (Å²) in [7, 11) is 1.41. The van der Waals surface area contributed by atoms with Crippen molar-refractivity contribution in [3.05, 3.63) is 88.3 Å². The molecule has 7 rings (SSSR count). The Labute approximate surface area is 229 Å². The lowest BCUT2D eigenvalue weighted by molar-refractivity contribution is -0.142. The van der Waals surface area contributed by atoms with Gasteiger partial charge in [-0.15, -0.1) is 11.3 Å². The van der Waals surface area contributed by atoms with Crippen LogP contribution in [0.3, 0.4) is 0 Å². The van der Waals surface area contributed by atoms with Gasteiger partial charge < -0.3 is 18.9 Å². The lowest BCUT2D eigenvalue weighted by atomic mass is 9.95. The maximum atomic E-state index is 15.1. The molecule has 8 heteroatoms. The maximum absolute atomic E-state index is 15.1. The van der Waals surface area contributed by atoms with E-state index in [-0.39, 0.29) is 23.1 Å². The summed E-state index contributed by atoms with van der Waals surface area (Å²) >= 11 is 1.65. The minimum absolute atomic E-state index is 0.169. The summed E-state index contributed by atoms with van der Waals surface area (Å²) in [5, 5.41) is 1.02. The van der Waals surface area contributed by atoms with Crippen molar-refractivity contribution in [1.82, 2.24) is 4.98 Å². The molecule has 39 heavy (non-hydrogen) atoms. The Balaban J connectivity index is 1.09. The van der Waals surface area contributed by atoms with E-state index in [1.54, 1.807) is 17.4 Å². The summed E-state index contributed by atoms with van der Waals surface area (Å²) in [5.74, 6) is 1.98. The minimum Gasteiger partial charge on any atom is -0.492 e. The molecule has 0 N–H and O–H groups in total. The number of hydrogen-bond acceptors (Lipinski definition) is 7. The number of aryl methyl sites for hydroxylation is 1. The highest BCUT2D eigenvalue weighted by molar-refractivity contribution is 7.15. The topological polar surface area (TPSA) is 66.9 Å². The summed E-state index contributed by atoms with van der Waals surface area (Å²) in [5.41, 5.74) is 3.16. The Kier molecular flexibility index (Phi) is 5.63. The zero-order chi connectivity index (χ0) is 26.7. The van der Waals surface area contributed by atoms with Gasteiger partial charge in [-0.2, -0.15) is 0 Å². The number of halogens is 1. The normalized spacial score (nSPS) is 22.2. The number of rotatable bonds is 6. The monoisotopic (exact) mass is 543 g/mol. The van der Waals surface area contributed by atoms with Crippen molar-refractivity contribution in [2.75, 3.05) is 13.7 Å². The molecule has 3 aliphatic rings. The first-order chi connectivity index (χ1) is 18.9. The van der Waals surface area contributed by atoms with Crippen molar-refractivity contribution in [3.8, 4) is 33.4 Å². The average molecular weight is 544 g/mol. The van der Waals surface area contributed by atoms with Crippen LogP contribution in [0.1, 0.15) is 40.6 Å². The van der Waals surface area contributed by atoms with E-state index >= 15 is 4.39 Å². The van der Waals surface area contributed by atoms with Crippen molar-refractivity contribution in [2.45, 2.75) is 37.7 Å². The molecule has 3 unspecified atom stereocenters. The summed E-state index contributed by atoms with van der Waals surface area (Å²) in [6.07, 6.45) is 3.46. The zero-order valence-electron chi connectivity index (χ0n) is 21.5. The van der Waals surface area contributed by atoms with Crippen molar-refractivity contribution in [3.63, 3.8) is 0 Å². The largest absolute Gasteiger partial charge is 0.492 e. The number of carbonyl (C=O) groups is 1. The lowest BCUT2D eigenvalue weighted by Crippen LogP contribution is -2.17. The third-order valence-corrected chi connectivity index (χ3v) is 9.00. The second kappa shape index (κ2) is 9.09. The number of esters is 1. The molecule has 1 fully saturated rings. The molecule has 1 spiro atoms. The smallest absolute Gasteiger partial charge is 0.309 e. The van der Waals surface area contributed by atoms with Crippen LogP contribution in [0.5, 0.6) is 23.0 Å². The van der Waals surface area contributed by atoms with Crippen LogP contribution in [-0.2, 0) is 21.4 Å². The second-order valence-corrected chi connectivity index (χ2v) is 11.6. The third-order valence-electron chi connectivity index (χ3n) is 8.04. The van der Waals surface area contributed by atoms with Crippen molar-refractivity contribution < 1.29 is 28.1 Å². The molecular formula is C31H26FNO5S. The fourth-order valence-corrected chi connectivity index (χ4v) is 6.72. The number of ether oxygens (including phenoxy) is 4. The van der Waals surface area contributed by atoms with Crippen LogP contribution in [0, 0.1) is 18.7 Å². The molecule has 3 aromatic carbocycles. The Hall–Kier alpha value is -3.91. The molecule has 4 aromatic rings. The molecule has 1 aliphatic heterocycles. The van der Waals surface area contributed by atoms with Crippen LogP contribution in [0.15, 0.2) is 60.8 Å².